The van der Waals surface area contributed by atoms with Gasteiger partial charge in [-0.15, -0.1) is 0 Å². The number of rotatable bonds is 8. The van der Waals surface area contributed by atoms with Gasteiger partial charge in [0.05, 0.1) is 18.9 Å². The molecule has 7 nitrogen and oxygen atoms in total. The first-order chi connectivity index (χ1) is 15.4. The van der Waals surface area contributed by atoms with Crippen molar-refractivity contribution >= 4 is 23.7 Å². The SMILES string of the molecule is COc1cc(C)ccc1C(=O)N/N=C\c1ccc(OCC(=O)Nc2ccc(C)cc2)cc1. The van der Waals surface area contributed by atoms with E-state index in [0.29, 0.717) is 17.1 Å². The lowest BCUT2D eigenvalue weighted by Crippen LogP contribution is -2.20. The molecule has 0 saturated carbocycles. The van der Waals surface area contributed by atoms with Crippen LogP contribution in [0, 0.1) is 13.8 Å². The second-order valence-electron chi connectivity index (χ2n) is 7.17. The van der Waals surface area contributed by atoms with E-state index >= 15 is 0 Å². The quantitative estimate of drug-likeness (QED) is 0.415. The van der Waals surface area contributed by atoms with Crippen LogP contribution in [-0.2, 0) is 4.79 Å². The summed E-state index contributed by atoms with van der Waals surface area (Å²) < 4.78 is 10.8. The van der Waals surface area contributed by atoms with Gasteiger partial charge in [-0.2, -0.15) is 5.10 Å². The van der Waals surface area contributed by atoms with Gasteiger partial charge in [0.15, 0.2) is 6.61 Å². The Morgan fingerprint density at radius 3 is 2.31 bits per heavy atom. The predicted molar refractivity (Wildman–Crippen MR) is 125 cm³/mol. The van der Waals surface area contributed by atoms with Crippen LogP contribution in [0.2, 0.25) is 0 Å². The first kappa shape index (κ1) is 22.6. The summed E-state index contributed by atoms with van der Waals surface area (Å²) in [5.41, 5.74) is 6.50. The summed E-state index contributed by atoms with van der Waals surface area (Å²) >= 11 is 0. The van der Waals surface area contributed by atoms with Gasteiger partial charge in [0, 0.05) is 5.69 Å². The van der Waals surface area contributed by atoms with Gasteiger partial charge in [0.2, 0.25) is 0 Å². The van der Waals surface area contributed by atoms with E-state index in [4.69, 9.17) is 9.47 Å². The molecule has 0 saturated heterocycles. The van der Waals surface area contributed by atoms with Crippen LogP contribution in [0.4, 0.5) is 5.69 Å². The van der Waals surface area contributed by atoms with Crippen molar-refractivity contribution in [3.05, 3.63) is 89.0 Å². The number of amides is 2. The number of nitrogens with one attached hydrogen (secondary N) is 2. The molecule has 0 heterocycles. The van der Waals surface area contributed by atoms with Crippen molar-refractivity contribution in [1.29, 1.82) is 0 Å². The Morgan fingerprint density at radius 1 is 0.938 bits per heavy atom. The Balaban J connectivity index is 1.49. The second-order valence-corrected chi connectivity index (χ2v) is 7.17. The highest BCUT2D eigenvalue weighted by Gasteiger charge is 2.11. The van der Waals surface area contributed by atoms with Crippen molar-refractivity contribution in [2.45, 2.75) is 13.8 Å². The van der Waals surface area contributed by atoms with Crippen molar-refractivity contribution in [2.75, 3.05) is 19.0 Å². The van der Waals surface area contributed by atoms with Crippen LogP contribution in [0.3, 0.4) is 0 Å². The van der Waals surface area contributed by atoms with E-state index in [9.17, 15) is 9.59 Å². The molecule has 0 bridgehead atoms. The van der Waals surface area contributed by atoms with Crippen molar-refractivity contribution in [3.8, 4) is 11.5 Å². The number of aryl methyl sites for hydroxylation is 2. The molecule has 2 amide bonds. The van der Waals surface area contributed by atoms with Gasteiger partial charge < -0.3 is 14.8 Å². The molecule has 0 spiro atoms. The largest absolute Gasteiger partial charge is 0.496 e. The normalized spacial score (nSPS) is 10.6. The summed E-state index contributed by atoms with van der Waals surface area (Å²) in [7, 11) is 1.52. The highest BCUT2D eigenvalue weighted by molar-refractivity contribution is 5.97. The maximum atomic E-state index is 12.3. The third-order valence-electron chi connectivity index (χ3n) is 4.57. The molecule has 32 heavy (non-hydrogen) atoms. The molecule has 3 aromatic carbocycles. The topological polar surface area (TPSA) is 89.0 Å². The average molecular weight is 431 g/mol. The number of nitrogens with zero attached hydrogens (tertiary/aromatic N) is 1. The van der Waals surface area contributed by atoms with Crippen LogP contribution in [0.25, 0.3) is 0 Å². The van der Waals surface area contributed by atoms with Crippen LogP contribution in [0.15, 0.2) is 71.8 Å². The Morgan fingerprint density at radius 2 is 1.62 bits per heavy atom. The van der Waals surface area contributed by atoms with E-state index in [-0.39, 0.29) is 18.4 Å². The molecule has 164 valence electrons. The molecule has 0 aliphatic heterocycles. The molecule has 3 aromatic rings. The fourth-order valence-corrected chi connectivity index (χ4v) is 2.84. The van der Waals surface area contributed by atoms with E-state index in [2.05, 4.69) is 15.8 Å². The number of ether oxygens (including phenoxy) is 2. The zero-order valence-electron chi connectivity index (χ0n) is 18.2. The third kappa shape index (κ3) is 6.43. The van der Waals surface area contributed by atoms with E-state index < -0.39 is 0 Å². The van der Waals surface area contributed by atoms with E-state index in [1.165, 1.54) is 13.3 Å². The molecule has 0 atom stereocenters. The van der Waals surface area contributed by atoms with Crippen LogP contribution in [0.1, 0.15) is 27.0 Å². The molecule has 0 fully saturated rings. The van der Waals surface area contributed by atoms with Gasteiger partial charge in [0.1, 0.15) is 11.5 Å². The zero-order valence-corrected chi connectivity index (χ0v) is 18.2. The Bertz CT molecular complexity index is 1110. The fourth-order valence-electron chi connectivity index (χ4n) is 2.84. The number of hydrogen-bond donors (Lipinski definition) is 2. The molecule has 0 unspecified atom stereocenters. The molecule has 0 radical (unpaired) electrons. The lowest BCUT2D eigenvalue weighted by atomic mass is 10.1. The van der Waals surface area contributed by atoms with E-state index in [0.717, 1.165) is 22.4 Å². The Labute approximate surface area is 187 Å². The Kier molecular flexibility index (Phi) is 7.59. The maximum Gasteiger partial charge on any atom is 0.275 e. The molecule has 2 N–H and O–H groups in total. The highest BCUT2D eigenvalue weighted by atomic mass is 16.5. The van der Waals surface area contributed by atoms with Crippen molar-refractivity contribution in [3.63, 3.8) is 0 Å². The standard InChI is InChI=1S/C25H25N3O4/c1-17-4-9-20(10-5-17)27-24(29)16-32-21-11-7-19(8-12-21)15-26-28-25(30)22-13-6-18(2)14-23(22)31-3/h4-15H,16H2,1-3H3,(H,27,29)(H,28,30)/b26-15-. The first-order valence-corrected chi connectivity index (χ1v) is 10.0. The average Bonchev–Trinajstić information content (AvgIpc) is 2.80. The van der Waals surface area contributed by atoms with Crippen LogP contribution in [0.5, 0.6) is 11.5 Å². The predicted octanol–water partition coefficient (Wildman–Crippen LogP) is 4.09. The van der Waals surface area contributed by atoms with Crippen molar-refractivity contribution in [2.24, 2.45) is 5.10 Å². The summed E-state index contributed by atoms with van der Waals surface area (Å²) in [5.74, 6) is 0.437. The molecular weight excluding hydrogens is 406 g/mol. The number of benzene rings is 3. The summed E-state index contributed by atoms with van der Waals surface area (Å²) in [4.78, 5) is 24.3. The first-order valence-electron chi connectivity index (χ1n) is 10.0. The minimum atomic E-state index is -0.363. The van der Waals surface area contributed by atoms with Crippen LogP contribution < -0.4 is 20.2 Å². The van der Waals surface area contributed by atoms with E-state index in [1.807, 2.05) is 44.2 Å². The third-order valence-corrected chi connectivity index (χ3v) is 4.57. The highest BCUT2D eigenvalue weighted by Crippen LogP contribution is 2.19. The van der Waals surface area contributed by atoms with Crippen molar-refractivity contribution in [1.82, 2.24) is 5.43 Å². The monoisotopic (exact) mass is 431 g/mol. The number of hydrogen-bond acceptors (Lipinski definition) is 5. The minimum Gasteiger partial charge on any atom is -0.496 e. The van der Waals surface area contributed by atoms with Gasteiger partial charge >= 0.3 is 0 Å². The summed E-state index contributed by atoms with van der Waals surface area (Å²) in [6.07, 6.45) is 1.52. The van der Waals surface area contributed by atoms with Gasteiger partial charge in [-0.25, -0.2) is 5.43 Å². The van der Waals surface area contributed by atoms with Crippen molar-refractivity contribution < 1.29 is 19.1 Å². The summed E-state index contributed by atoms with van der Waals surface area (Å²) in [6.45, 7) is 3.81. The second kappa shape index (κ2) is 10.8. The lowest BCUT2D eigenvalue weighted by Gasteiger charge is -2.08. The smallest absolute Gasteiger partial charge is 0.275 e. The molecular formula is C25H25N3O4. The van der Waals surface area contributed by atoms with Gasteiger partial charge in [0.25, 0.3) is 11.8 Å². The number of methoxy groups -OCH3 is 1. The molecule has 0 aromatic heterocycles. The lowest BCUT2D eigenvalue weighted by molar-refractivity contribution is -0.118. The molecule has 7 heteroatoms. The molecule has 3 rings (SSSR count). The fraction of sp³-hybridized carbons (Fsp3) is 0.160. The zero-order chi connectivity index (χ0) is 22.9. The van der Waals surface area contributed by atoms with Gasteiger partial charge in [-0.05, 0) is 73.5 Å². The number of carbonyl (C=O) groups is 2. The number of hydrazone groups is 1. The summed E-state index contributed by atoms with van der Waals surface area (Å²) in [5, 5.41) is 6.77. The van der Waals surface area contributed by atoms with Crippen LogP contribution in [-0.4, -0.2) is 31.7 Å². The van der Waals surface area contributed by atoms with E-state index in [1.54, 1.807) is 36.4 Å². The van der Waals surface area contributed by atoms with Gasteiger partial charge in [-0.3, -0.25) is 9.59 Å². The Hall–Kier alpha value is -4.13. The minimum absolute atomic E-state index is 0.101. The maximum absolute atomic E-state index is 12.3. The van der Waals surface area contributed by atoms with Crippen LogP contribution >= 0.6 is 0 Å². The number of carbonyl (C=O) groups excluding carboxylic acids is 2. The number of anilines is 1. The molecule has 0 aliphatic rings. The van der Waals surface area contributed by atoms with Gasteiger partial charge in [-0.1, -0.05) is 23.8 Å². The molecule has 0 aliphatic carbocycles. The summed E-state index contributed by atoms with van der Waals surface area (Å²) in [6, 6.07) is 19.9.